The molecule has 0 aliphatic rings. The lowest BCUT2D eigenvalue weighted by molar-refractivity contribution is -0.116. The van der Waals surface area contributed by atoms with Crippen LogP contribution in [0.2, 0.25) is 0 Å². The average Bonchev–Trinajstić information content (AvgIpc) is 2.91. The summed E-state index contributed by atoms with van der Waals surface area (Å²) in [6, 6.07) is 7.34. The number of halogens is 1. The van der Waals surface area contributed by atoms with Gasteiger partial charge in [0.2, 0.25) is 5.91 Å². The highest BCUT2D eigenvalue weighted by Crippen LogP contribution is 2.17. The molecule has 0 saturated heterocycles. The Morgan fingerprint density at radius 3 is 2.84 bits per heavy atom. The summed E-state index contributed by atoms with van der Waals surface area (Å²) < 4.78 is 1.53. The molecule has 0 aliphatic heterocycles. The van der Waals surface area contributed by atoms with E-state index in [9.17, 15) is 4.79 Å². The molecule has 0 radical (unpaired) electrons. The molecule has 0 fully saturated rings. The Morgan fingerprint density at radius 1 is 1.42 bits per heavy atom. The molecule has 0 saturated carbocycles. The van der Waals surface area contributed by atoms with Crippen LogP contribution in [0, 0.1) is 5.92 Å². The van der Waals surface area contributed by atoms with Gasteiger partial charge in [0.05, 0.1) is 10.5 Å². The summed E-state index contributed by atoms with van der Waals surface area (Å²) in [5, 5.41) is 13.8. The fourth-order valence-electron chi connectivity index (χ4n) is 1.52. The van der Waals surface area contributed by atoms with Crippen molar-refractivity contribution < 1.29 is 4.79 Å². The van der Waals surface area contributed by atoms with Crippen molar-refractivity contribution in [3.05, 3.63) is 30.6 Å². The van der Waals surface area contributed by atoms with Crippen LogP contribution in [0.4, 0.5) is 5.69 Å². The first-order valence-corrected chi connectivity index (χ1v) is 6.78. The molecular weight excluding hydrogens is 310 g/mol. The molecule has 100 valence electrons. The summed E-state index contributed by atoms with van der Waals surface area (Å²) in [4.78, 5) is 11.7. The van der Waals surface area contributed by atoms with Crippen LogP contribution < -0.4 is 5.32 Å². The number of carbonyl (C=O) groups is 1. The third-order valence-electron chi connectivity index (χ3n) is 2.56. The van der Waals surface area contributed by atoms with Gasteiger partial charge in [-0.2, -0.15) is 0 Å². The molecule has 0 bridgehead atoms. The zero-order valence-corrected chi connectivity index (χ0v) is 12.2. The highest BCUT2D eigenvalue weighted by atomic mass is 79.9. The molecule has 2 aromatic rings. The number of amides is 1. The lowest BCUT2D eigenvalue weighted by Crippen LogP contribution is -2.27. The molecule has 0 aliphatic carbocycles. The standard InChI is InChI=1S/C12H14BrN5O/c1-8(2)11(13)12(19)15-9-4-3-5-10(6-9)18-7-14-16-17-18/h3-8,11H,1-2H3,(H,15,19). The maximum Gasteiger partial charge on any atom is 0.238 e. The third-order valence-corrected chi connectivity index (χ3v) is 4.04. The second kappa shape index (κ2) is 5.92. The van der Waals surface area contributed by atoms with Crippen LogP contribution in [-0.2, 0) is 4.79 Å². The molecule has 1 heterocycles. The van der Waals surface area contributed by atoms with Crippen LogP contribution in [0.1, 0.15) is 13.8 Å². The van der Waals surface area contributed by atoms with Crippen molar-refractivity contribution in [3.63, 3.8) is 0 Å². The Hall–Kier alpha value is -1.76. The number of nitrogens with zero attached hydrogens (tertiary/aromatic N) is 4. The molecule has 1 aromatic heterocycles. The van der Waals surface area contributed by atoms with E-state index in [4.69, 9.17) is 0 Å². The van der Waals surface area contributed by atoms with E-state index in [1.165, 1.54) is 11.0 Å². The zero-order chi connectivity index (χ0) is 13.8. The fraction of sp³-hybridized carbons (Fsp3) is 0.333. The third kappa shape index (κ3) is 3.37. The SMILES string of the molecule is CC(C)C(Br)C(=O)Nc1cccc(-n2cnnn2)c1. The average molecular weight is 324 g/mol. The van der Waals surface area contributed by atoms with Crippen LogP contribution in [-0.4, -0.2) is 30.9 Å². The lowest BCUT2D eigenvalue weighted by Gasteiger charge is -2.14. The number of nitrogens with one attached hydrogen (secondary N) is 1. The molecule has 1 atom stereocenters. The summed E-state index contributed by atoms with van der Waals surface area (Å²) >= 11 is 3.37. The van der Waals surface area contributed by atoms with Gasteiger partial charge in [-0.1, -0.05) is 35.8 Å². The molecule has 1 aromatic carbocycles. The van der Waals surface area contributed by atoms with E-state index in [1.807, 2.05) is 38.1 Å². The minimum atomic E-state index is -0.218. The predicted molar refractivity (Wildman–Crippen MR) is 75.3 cm³/mol. The number of hydrogen-bond acceptors (Lipinski definition) is 4. The second-order valence-electron chi connectivity index (χ2n) is 4.44. The largest absolute Gasteiger partial charge is 0.325 e. The zero-order valence-electron chi connectivity index (χ0n) is 10.6. The minimum absolute atomic E-state index is 0.0659. The quantitative estimate of drug-likeness (QED) is 0.874. The van der Waals surface area contributed by atoms with Gasteiger partial charge in [-0.15, -0.1) is 5.10 Å². The molecule has 2 rings (SSSR count). The van der Waals surface area contributed by atoms with Gasteiger partial charge in [-0.25, -0.2) is 4.68 Å². The number of tetrazole rings is 1. The van der Waals surface area contributed by atoms with E-state index in [2.05, 4.69) is 36.8 Å². The number of benzene rings is 1. The van der Waals surface area contributed by atoms with Crippen LogP contribution in [0.3, 0.4) is 0 Å². The molecule has 1 N–H and O–H groups in total. The van der Waals surface area contributed by atoms with Crippen LogP contribution >= 0.6 is 15.9 Å². The van der Waals surface area contributed by atoms with Gasteiger partial charge in [-0.3, -0.25) is 4.79 Å². The normalized spacial score (nSPS) is 12.4. The molecule has 6 nitrogen and oxygen atoms in total. The van der Waals surface area contributed by atoms with Crippen molar-refractivity contribution >= 4 is 27.5 Å². The van der Waals surface area contributed by atoms with Crippen LogP contribution in [0.15, 0.2) is 30.6 Å². The fourth-order valence-corrected chi connectivity index (χ4v) is 1.63. The maximum absolute atomic E-state index is 11.9. The van der Waals surface area contributed by atoms with Crippen molar-refractivity contribution in [2.75, 3.05) is 5.32 Å². The van der Waals surface area contributed by atoms with E-state index in [0.717, 1.165) is 5.69 Å². The van der Waals surface area contributed by atoms with Crippen molar-refractivity contribution in [1.82, 2.24) is 20.2 Å². The summed E-state index contributed by atoms with van der Waals surface area (Å²) in [6.07, 6.45) is 1.50. The van der Waals surface area contributed by atoms with Crippen LogP contribution in [0.25, 0.3) is 5.69 Å². The summed E-state index contributed by atoms with van der Waals surface area (Å²) in [5.74, 6) is 0.159. The topological polar surface area (TPSA) is 72.7 Å². The van der Waals surface area contributed by atoms with Crippen molar-refractivity contribution in [2.45, 2.75) is 18.7 Å². The monoisotopic (exact) mass is 323 g/mol. The first-order valence-electron chi connectivity index (χ1n) is 5.86. The minimum Gasteiger partial charge on any atom is -0.325 e. The van der Waals surface area contributed by atoms with Crippen molar-refractivity contribution in [2.24, 2.45) is 5.92 Å². The number of carbonyl (C=O) groups excluding carboxylic acids is 1. The highest BCUT2D eigenvalue weighted by Gasteiger charge is 2.18. The highest BCUT2D eigenvalue weighted by molar-refractivity contribution is 9.10. The maximum atomic E-state index is 11.9. The van der Waals surface area contributed by atoms with Gasteiger partial charge in [-0.05, 0) is 34.5 Å². The van der Waals surface area contributed by atoms with Crippen molar-refractivity contribution in [3.8, 4) is 5.69 Å². The van der Waals surface area contributed by atoms with E-state index in [1.54, 1.807) is 0 Å². The second-order valence-corrected chi connectivity index (χ2v) is 5.43. The molecule has 19 heavy (non-hydrogen) atoms. The Balaban J connectivity index is 2.14. The number of aromatic nitrogens is 4. The first kappa shape index (κ1) is 13.7. The number of anilines is 1. The summed E-state index contributed by atoms with van der Waals surface area (Å²) in [5.41, 5.74) is 1.50. The van der Waals surface area contributed by atoms with Gasteiger partial charge in [0.15, 0.2) is 0 Å². The Kier molecular flexibility index (Phi) is 4.26. The first-order chi connectivity index (χ1) is 9.08. The number of alkyl halides is 1. The predicted octanol–water partition coefficient (Wildman–Crippen LogP) is 2.02. The number of hydrogen-bond donors (Lipinski definition) is 1. The van der Waals surface area contributed by atoms with Crippen molar-refractivity contribution in [1.29, 1.82) is 0 Å². The molecule has 1 unspecified atom stereocenters. The molecule has 7 heteroatoms. The Labute approximate surface area is 119 Å². The Morgan fingerprint density at radius 2 is 2.21 bits per heavy atom. The lowest BCUT2D eigenvalue weighted by atomic mass is 10.1. The van der Waals surface area contributed by atoms with E-state index in [0.29, 0.717) is 5.69 Å². The number of rotatable bonds is 4. The Bertz CT molecular complexity index is 555. The van der Waals surface area contributed by atoms with E-state index in [-0.39, 0.29) is 16.7 Å². The van der Waals surface area contributed by atoms with Gasteiger partial charge in [0, 0.05) is 5.69 Å². The van der Waals surface area contributed by atoms with E-state index >= 15 is 0 Å². The van der Waals surface area contributed by atoms with E-state index < -0.39 is 0 Å². The molecule has 0 spiro atoms. The molecule has 1 amide bonds. The smallest absolute Gasteiger partial charge is 0.238 e. The molecular formula is C12H14BrN5O. The van der Waals surface area contributed by atoms with Gasteiger partial charge >= 0.3 is 0 Å². The summed E-state index contributed by atoms with van der Waals surface area (Å²) in [6.45, 7) is 3.97. The van der Waals surface area contributed by atoms with Crippen LogP contribution in [0.5, 0.6) is 0 Å². The van der Waals surface area contributed by atoms with Gasteiger partial charge in [0.25, 0.3) is 0 Å². The summed E-state index contributed by atoms with van der Waals surface area (Å²) in [7, 11) is 0. The van der Waals surface area contributed by atoms with Gasteiger partial charge < -0.3 is 5.32 Å². The van der Waals surface area contributed by atoms with Gasteiger partial charge in [0.1, 0.15) is 6.33 Å².